The molecule has 0 bridgehead atoms. The Hall–Kier alpha value is -3.58. The second-order valence-corrected chi connectivity index (χ2v) is 9.90. The van der Waals surface area contributed by atoms with Crippen molar-refractivity contribution in [2.45, 2.75) is 24.9 Å². The number of aryl methyl sites for hydroxylation is 1. The number of carbonyl (C=O) groups excluding carboxylic acids is 1. The van der Waals surface area contributed by atoms with Gasteiger partial charge in [-0.15, -0.1) is 0 Å². The van der Waals surface area contributed by atoms with E-state index in [0.29, 0.717) is 12.8 Å². The zero-order chi connectivity index (χ0) is 23.5. The summed E-state index contributed by atoms with van der Waals surface area (Å²) in [6.07, 6.45) is 1.99. The SMILES string of the molecule is CS(=O)(=O)N(C1=C(O)CC(CCc2ccccc2)(c2ccccc2)OC1=O)c1ccccc1. The molecule has 0 spiro atoms. The van der Waals surface area contributed by atoms with Crippen LogP contribution in [0.4, 0.5) is 5.69 Å². The summed E-state index contributed by atoms with van der Waals surface area (Å²) in [5.74, 6) is -1.21. The smallest absolute Gasteiger partial charge is 0.360 e. The van der Waals surface area contributed by atoms with Gasteiger partial charge in [-0.25, -0.2) is 17.5 Å². The molecular formula is C26H25NO5S. The fraction of sp³-hybridized carbons (Fsp3) is 0.192. The molecule has 1 atom stereocenters. The average molecular weight is 464 g/mol. The Morgan fingerprint density at radius 1 is 0.909 bits per heavy atom. The highest BCUT2D eigenvalue weighted by molar-refractivity contribution is 7.92. The van der Waals surface area contributed by atoms with Crippen molar-refractivity contribution in [1.82, 2.24) is 0 Å². The Morgan fingerprint density at radius 3 is 2.00 bits per heavy atom. The van der Waals surface area contributed by atoms with Crippen LogP contribution in [0.5, 0.6) is 0 Å². The van der Waals surface area contributed by atoms with E-state index in [9.17, 15) is 18.3 Å². The van der Waals surface area contributed by atoms with Gasteiger partial charge >= 0.3 is 5.97 Å². The van der Waals surface area contributed by atoms with Crippen LogP contribution in [0.1, 0.15) is 24.0 Å². The quantitative estimate of drug-likeness (QED) is 0.514. The molecule has 0 saturated heterocycles. The summed E-state index contributed by atoms with van der Waals surface area (Å²) in [6, 6.07) is 27.2. The first-order chi connectivity index (χ1) is 15.8. The highest BCUT2D eigenvalue weighted by atomic mass is 32.2. The number of anilines is 1. The number of benzene rings is 3. The number of aliphatic hydroxyl groups is 1. The molecule has 33 heavy (non-hydrogen) atoms. The van der Waals surface area contributed by atoms with Crippen molar-refractivity contribution in [3.05, 3.63) is 114 Å². The van der Waals surface area contributed by atoms with Gasteiger partial charge in [0, 0.05) is 0 Å². The molecule has 6 nitrogen and oxygen atoms in total. The number of aliphatic hydroxyl groups excluding tert-OH is 1. The predicted octanol–water partition coefficient (Wildman–Crippen LogP) is 4.70. The van der Waals surface area contributed by atoms with Crippen molar-refractivity contribution in [2.24, 2.45) is 0 Å². The molecule has 170 valence electrons. The van der Waals surface area contributed by atoms with E-state index in [1.165, 1.54) is 0 Å². The second kappa shape index (κ2) is 9.11. The monoisotopic (exact) mass is 463 g/mol. The number of hydrogen-bond acceptors (Lipinski definition) is 5. The summed E-state index contributed by atoms with van der Waals surface area (Å²) in [6.45, 7) is 0. The topological polar surface area (TPSA) is 83.9 Å². The summed E-state index contributed by atoms with van der Waals surface area (Å²) in [4.78, 5) is 13.3. The zero-order valence-corrected chi connectivity index (χ0v) is 19.0. The Kier molecular flexibility index (Phi) is 6.24. The van der Waals surface area contributed by atoms with E-state index >= 15 is 0 Å². The van der Waals surface area contributed by atoms with Gasteiger partial charge in [-0.05, 0) is 36.1 Å². The van der Waals surface area contributed by atoms with Gasteiger partial charge in [0.15, 0.2) is 5.70 Å². The fourth-order valence-electron chi connectivity index (χ4n) is 4.16. The predicted molar refractivity (Wildman–Crippen MR) is 127 cm³/mol. The average Bonchev–Trinajstić information content (AvgIpc) is 2.81. The van der Waals surface area contributed by atoms with Crippen LogP contribution in [0.25, 0.3) is 0 Å². The van der Waals surface area contributed by atoms with Crippen molar-refractivity contribution in [2.75, 3.05) is 10.6 Å². The lowest BCUT2D eigenvalue weighted by Crippen LogP contribution is -2.44. The maximum Gasteiger partial charge on any atom is 0.360 e. The van der Waals surface area contributed by atoms with E-state index in [0.717, 1.165) is 21.7 Å². The van der Waals surface area contributed by atoms with Gasteiger partial charge in [0.25, 0.3) is 0 Å². The van der Waals surface area contributed by atoms with E-state index in [2.05, 4.69) is 0 Å². The van der Waals surface area contributed by atoms with Crippen LogP contribution < -0.4 is 4.31 Å². The molecule has 7 heteroatoms. The van der Waals surface area contributed by atoms with Crippen LogP contribution in [0, 0.1) is 0 Å². The zero-order valence-electron chi connectivity index (χ0n) is 18.2. The molecule has 0 aliphatic carbocycles. The molecule has 0 saturated carbocycles. The van der Waals surface area contributed by atoms with Gasteiger partial charge in [-0.3, -0.25) is 0 Å². The largest absolute Gasteiger partial charge is 0.510 e. The van der Waals surface area contributed by atoms with Crippen LogP contribution in [-0.4, -0.2) is 25.7 Å². The van der Waals surface area contributed by atoms with Crippen molar-refractivity contribution in [3.63, 3.8) is 0 Å². The highest BCUT2D eigenvalue weighted by Gasteiger charge is 2.46. The number of carbonyl (C=O) groups is 1. The lowest BCUT2D eigenvalue weighted by atomic mass is 9.82. The van der Waals surface area contributed by atoms with Crippen LogP contribution in [0.15, 0.2) is 102 Å². The first-order valence-corrected chi connectivity index (χ1v) is 12.5. The minimum Gasteiger partial charge on any atom is -0.510 e. The van der Waals surface area contributed by atoms with E-state index in [1.54, 1.807) is 30.3 Å². The van der Waals surface area contributed by atoms with Gasteiger partial charge in [0.05, 0.1) is 18.4 Å². The Labute approximate surface area is 193 Å². The molecule has 0 fully saturated rings. The van der Waals surface area contributed by atoms with Crippen LogP contribution in [-0.2, 0) is 31.6 Å². The maximum atomic E-state index is 13.3. The maximum absolute atomic E-state index is 13.3. The molecule has 4 rings (SSSR count). The minimum atomic E-state index is -3.93. The van der Waals surface area contributed by atoms with E-state index in [-0.39, 0.29) is 23.6 Å². The van der Waals surface area contributed by atoms with Gasteiger partial charge < -0.3 is 9.84 Å². The molecule has 0 amide bonds. The molecular weight excluding hydrogens is 438 g/mol. The first-order valence-electron chi connectivity index (χ1n) is 10.6. The number of hydrogen-bond donors (Lipinski definition) is 1. The van der Waals surface area contributed by atoms with Crippen molar-refractivity contribution >= 4 is 21.7 Å². The third-order valence-corrected chi connectivity index (χ3v) is 6.75. The lowest BCUT2D eigenvalue weighted by molar-refractivity contribution is -0.161. The molecule has 3 aromatic carbocycles. The number of esters is 1. The van der Waals surface area contributed by atoms with E-state index < -0.39 is 21.6 Å². The molecule has 0 aromatic heterocycles. The van der Waals surface area contributed by atoms with Gasteiger partial charge in [-0.2, -0.15) is 0 Å². The number of ether oxygens (including phenoxy) is 1. The Balaban J connectivity index is 1.77. The molecule has 0 radical (unpaired) electrons. The molecule has 1 N–H and O–H groups in total. The van der Waals surface area contributed by atoms with Crippen LogP contribution >= 0.6 is 0 Å². The van der Waals surface area contributed by atoms with Crippen molar-refractivity contribution < 1.29 is 23.1 Å². The van der Waals surface area contributed by atoms with Gasteiger partial charge in [0.1, 0.15) is 11.4 Å². The van der Waals surface area contributed by atoms with Gasteiger partial charge in [-0.1, -0.05) is 78.9 Å². The number of rotatable bonds is 7. The summed E-state index contributed by atoms with van der Waals surface area (Å²) in [7, 11) is -3.93. The van der Waals surface area contributed by atoms with E-state index in [4.69, 9.17) is 4.74 Å². The van der Waals surface area contributed by atoms with Crippen molar-refractivity contribution in [1.29, 1.82) is 0 Å². The Bertz CT molecular complexity index is 1260. The van der Waals surface area contributed by atoms with Crippen LogP contribution in [0.2, 0.25) is 0 Å². The fourth-order valence-corrected chi connectivity index (χ4v) is 5.18. The summed E-state index contributed by atoms with van der Waals surface area (Å²) >= 11 is 0. The van der Waals surface area contributed by atoms with Crippen molar-refractivity contribution in [3.8, 4) is 0 Å². The number of cyclic esters (lactones) is 1. The summed E-state index contributed by atoms with van der Waals surface area (Å²) in [5.41, 5.74) is 0.553. The minimum absolute atomic E-state index is 0.0379. The number of para-hydroxylation sites is 1. The Morgan fingerprint density at radius 2 is 1.45 bits per heavy atom. The lowest BCUT2D eigenvalue weighted by Gasteiger charge is -2.39. The third kappa shape index (κ3) is 4.78. The highest BCUT2D eigenvalue weighted by Crippen LogP contribution is 2.43. The molecule has 1 aliphatic rings. The standard InChI is InChI=1S/C26H25NO5S/c1-33(30,31)27(22-15-9-4-10-16-22)24-23(28)19-26(32-25(24)29,21-13-7-3-8-14-21)18-17-20-11-5-2-6-12-20/h2-16,28H,17-19H2,1H3. The van der Waals surface area contributed by atoms with Gasteiger partial charge in [0.2, 0.25) is 10.0 Å². The second-order valence-electron chi connectivity index (χ2n) is 8.07. The molecule has 3 aromatic rings. The molecule has 1 heterocycles. The summed E-state index contributed by atoms with van der Waals surface area (Å²) < 4.78 is 32.1. The van der Waals surface area contributed by atoms with Crippen LogP contribution in [0.3, 0.4) is 0 Å². The molecule has 1 unspecified atom stereocenters. The first kappa shape index (κ1) is 22.6. The molecule has 1 aliphatic heterocycles. The number of nitrogens with zero attached hydrogens (tertiary/aromatic N) is 1. The summed E-state index contributed by atoms with van der Waals surface area (Å²) in [5, 5.41) is 11.1. The number of sulfonamides is 1. The normalized spacial score (nSPS) is 18.6. The van der Waals surface area contributed by atoms with E-state index in [1.807, 2.05) is 60.7 Å². The third-order valence-electron chi connectivity index (χ3n) is 5.69.